The number of nitrogens with two attached hydrogens (primary N) is 1. The summed E-state index contributed by atoms with van der Waals surface area (Å²) in [6.07, 6.45) is 2.32. The van der Waals surface area contributed by atoms with Crippen LogP contribution in [0.25, 0.3) is 6.08 Å². The highest BCUT2D eigenvalue weighted by Crippen LogP contribution is 2.37. The second-order valence-electron chi connectivity index (χ2n) is 4.84. The summed E-state index contributed by atoms with van der Waals surface area (Å²) in [6, 6.07) is 4.45. The highest BCUT2D eigenvalue weighted by molar-refractivity contribution is 7.93. The van der Waals surface area contributed by atoms with E-state index in [4.69, 9.17) is 16.7 Å². The second kappa shape index (κ2) is 6.00. The minimum Gasteiger partial charge on any atom is -0.506 e. The fourth-order valence-electron chi connectivity index (χ4n) is 2.08. The molecule has 0 fully saturated rings. The number of nitrogens with zero attached hydrogens (tertiary/aromatic N) is 3. The number of allylic oxidation sites excluding steroid dienone is 1. The number of azo groups is 1. The highest BCUT2D eigenvalue weighted by Gasteiger charge is 2.22. The van der Waals surface area contributed by atoms with Gasteiger partial charge in [0.1, 0.15) is 5.75 Å². The average molecular weight is 371 g/mol. The molecule has 120 valence electrons. The lowest BCUT2D eigenvalue weighted by Crippen LogP contribution is -2.17. The van der Waals surface area contributed by atoms with Gasteiger partial charge in [-0.3, -0.25) is 0 Å². The molecule has 0 radical (unpaired) electrons. The van der Waals surface area contributed by atoms with Crippen LogP contribution in [0.1, 0.15) is 17.7 Å². The van der Waals surface area contributed by atoms with E-state index in [1.807, 2.05) is 0 Å². The first-order valence-electron chi connectivity index (χ1n) is 6.47. The first-order valence-corrected chi connectivity index (χ1v) is 9.16. The highest BCUT2D eigenvalue weighted by atomic mass is 35.5. The molecule has 1 aromatic carbocycles. The standard InChI is InChI=1S/C13H11ClN4O3S2/c14-10-5-7(1-4-12(10)19)16-17-13-9-6-8(23(15,20)21)2-3-11(9)18-22-13/h1,4-6,19H,2-3H2,(H2,15,20,21). The van der Waals surface area contributed by atoms with Crippen molar-refractivity contribution in [1.82, 2.24) is 4.37 Å². The van der Waals surface area contributed by atoms with Crippen LogP contribution in [0.2, 0.25) is 5.02 Å². The normalized spacial score (nSPS) is 14.8. The first-order chi connectivity index (χ1) is 10.8. The molecule has 10 heteroatoms. The molecule has 7 nitrogen and oxygen atoms in total. The molecular formula is C13H11ClN4O3S2. The number of hydrogen-bond acceptors (Lipinski definition) is 7. The summed E-state index contributed by atoms with van der Waals surface area (Å²) >= 11 is 6.94. The van der Waals surface area contributed by atoms with Crippen LogP contribution in [0.15, 0.2) is 33.3 Å². The summed E-state index contributed by atoms with van der Waals surface area (Å²) in [5, 5.41) is 23.3. The predicted molar refractivity (Wildman–Crippen MR) is 88.8 cm³/mol. The molecule has 0 saturated carbocycles. The molecule has 0 atom stereocenters. The van der Waals surface area contributed by atoms with Crippen LogP contribution in [0.4, 0.5) is 10.7 Å². The Morgan fingerprint density at radius 3 is 2.78 bits per heavy atom. The van der Waals surface area contributed by atoms with Crippen molar-refractivity contribution >= 4 is 49.9 Å². The largest absolute Gasteiger partial charge is 0.506 e. The smallest absolute Gasteiger partial charge is 0.234 e. The van der Waals surface area contributed by atoms with Gasteiger partial charge in [0.15, 0.2) is 5.00 Å². The molecule has 1 heterocycles. The number of sulfonamides is 1. The maximum atomic E-state index is 11.5. The Balaban J connectivity index is 1.95. The van der Waals surface area contributed by atoms with Gasteiger partial charge in [0, 0.05) is 5.56 Å². The van der Waals surface area contributed by atoms with Crippen LogP contribution in [0.3, 0.4) is 0 Å². The third-order valence-corrected chi connectivity index (χ3v) is 5.39. The van der Waals surface area contributed by atoms with Crippen molar-refractivity contribution in [2.45, 2.75) is 12.8 Å². The SMILES string of the molecule is NS(=O)(=O)C1=Cc2c(nsc2N=Nc2ccc(O)c(Cl)c2)CC1. The topological polar surface area (TPSA) is 118 Å². The van der Waals surface area contributed by atoms with Gasteiger partial charge in [-0.25, -0.2) is 13.6 Å². The van der Waals surface area contributed by atoms with Gasteiger partial charge >= 0.3 is 0 Å². The molecule has 0 bridgehead atoms. The van der Waals surface area contributed by atoms with Crippen LogP contribution in [0, 0.1) is 0 Å². The van der Waals surface area contributed by atoms with Crippen molar-refractivity contribution in [2.75, 3.05) is 0 Å². The number of phenols is 1. The van der Waals surface area contributed by atoms with E-state index in [9.17, 15) is 13.5 Å². The minimum absolute atomic E-state index is 0.0403. The molecule has 23 heavy (non-hydrogen) atoms. The molecule has 1 aromatic heterocycles. The number of benzene rings is 1. The van der Waals surface area contributed by atoms with Crippen molar-refractivity contribution < 1.29 is 13.5 Å². The number of phenolic OH excluding ortho intramolecular Hbond substituents is 1. The van der Waals surface area contributed by atoms with Gasteiger partial charge in [0.25, 0.3) is 0 Å². The lowest BCUT2D eigenvalue weighted by atomic mass is 10.1. The number of aromatic hydroxyl groups is 1. The van der Waals surface area contributed by atoms with Gasteiger partial charge in [-0.05, 0) is 48.6 Å². The Bertz CT molecular complexity index is 935. The Morgan fingerprint density at radius 2 is 2.09 bits per heavy atom. The molecule has 0 amide bonds. The first kappa shape index (κ1) is 16.1. The average Bonchev–Trinajstić information content (AvgIpc) is 2.90. The van der Waals surface area contributed by atoms with Crippen LogP contribution in [-0.4, -0.2) is 17.9 Å². The molecular weight excluding hydrogens is 360 g/mol. The number of fused-ring (bicyclic) bond motifs is 1. The van der Waals surface area contributed by atoms with E-state index < -0.39 is 10.0 Å². The lowest BCUT2D eigenvalue weighted by Gasteiger charge is -2.10. The van der Waals surface area contributed by atoms with Gasteiger partial charge in [0.05, 0.1) is 21.3 Å². The maximum Gasteiger partial charge on any atom is 0.234 e. The number of aryl methyl sites for hydroxylation is 1. The number of rotatable bonds is 3. The predicted octanol–water partition coefficient (Wildman–Crippen LogP) is 3.49. The zero-order chi connectivity index (χ0) is 16.6. The van der Waals surface area contributed by atoms with E-state index in [0.29, 0.717) is 29.1 Å². The summed E-state index contributed by atoms with van der Waals surface area (Å²) in [5.74, 6) is -0.0403. The molecule has 0 saturated heterocycles. The summed E-state index contributed by atoms with van der Waals surface area (Å²) in [4.78, 5) is 0.161. The van der Waals surface area contributed by atoms with Crippen molar-refractivity contribution in [3.05, 3.63) is 39.4 Å². The van der Waals surface area contributed by atoms with Gasteiger partial charge in [-0.2, -0.15) is 4.37 Å². The maximum absolute atomic E-state index is 11.5. The van der Waals surface area contributed by atoms with Gasteiger partial charge in [-0.1, -0.05) is 11.6 Å². The van der Waals surface area contributed by atoms with Crippen molar-refractivity contribution in [2.24, 2.45) is 15.4 Å². The van der Waals surface area contributed by atoms with Crippen LogP contribution < -0.4 is 5.14 Å². The quantitative estimate of drug-likeness (QED) is 0.803. The lowest BCUT2D eigenvalue weighted by molar-refractivity contribution is 0.475. The Hall–Kier alpha value is -1.81. The number of hydrogen-bond donors (Lipinski definition) is 2. The molecule has 1 aliphatic rings. The number of aromatic nitrogens is 1. The van der Waals surface area contributed by atoms with E-state index in [-0.39, 0.29) is 15.7 Å². The minimum atomic E-state index is -3.72. The van der Waals surface area contributed by atoms with E-state index >= 15 is 0 Å². The van der Waals surface area contributed by atoms with E-state index in [2.05, 4.69) is 14.6 Å². The summed E-state index contributed by atoms with van der Waals surface area (Å²) in [7, 11) is -3.72. The fourth-order valence-corrected chi connectivity index (χ4v) is 3.66. The van der Waals surface area contributed by atoms with Gasteiger partial charge in [-0.15, -0.1) is 10.2 Å². The van der Waals surface area contributed by atoms with Gasteiger partial charge < -0.3 is 5.11 Å². The zero-order valence-electron chi connectivity index (χ0n) is 11.6. The summed E-state index contributed by atoms with van der Waals surface area (Å²) in [5.41, 5.74) is 1.86. The van der Waals surface area contributed by atoms with Crippen molar-refractivity contribution in [3.8, 4) is 5.75 Å². The molecule has 3 N–H and O–H groups in total. The molecule has 1 aliphatic carbocycles. The zero-order valence-corrected chi connectivity index (χ0v) is 14.0. The van der Waals surface area contributed by atoms with Crippen LogP contribution >= 0.6 is 23.1 Å². The summed E-state index contributed by atoms with van der Waals surface area (Å²) < 4.78 is 27.2. The third-order valence-electron chi connectivity index (χ3n) is 3.25. The van der Waals surface area contributed by atoms with E-state index in [1.54, 1.807) is 6.07 Å². The van der Waals surface area contributed by atoms with E-state index in [0.717, 1.165) is 17.2 Å². The van der Waals surface area contributed by atoms with Gasteiger partial charge in [0.2, 0.25) is 10.0 Å². The molecule has 3 rings (SSSR count). The number of primary sulfonamides is 1. The van der Waals surface area contributed by atoms with Crippen LogP contribution in [-0.2, 0) is 16.4 Å². The Kier molecular flexibility index (Phi) is 4.19. The molecule has 0 aliphatic heterocycles. The Labute approximate surface area is 141 Å². The molecule has 2 aromatic rings. The van der Waals surface area contributed by atoms with Crippen molar-refractivity contribution in [1.29, 1.82) is 0 Å². The second-order valence-corrected chi connectivity index (χ2v) is 7.61. The van der Waals surface area contributed by atoms with Crippen molar-refractivity contribution in [3.63, 3.8) is 0 Å². The molecule has 0 unspecified atom stereocenters. The Morgan fingerprint density at radius 1 is 1.30 bits per heavy atom. The van der Waals surface area contributed by atoms with Crippen LogP contribution in [0.5, 0.6) is 5.75 Å². The third kappa shape index (κ3) is 3.42. The fraction of sp³-hybridized carbons (Fsp3) is 0.154. The number of halogens is 1. The van der Waals surface area contributed by atoms with E-state index in [1.165, 1.54) is 18.2 Å². The monoisotopic (exact) mass is 370 g/mol. The molecule has 0 spiro atoms. The summed E-state index contributed by atoms with van der Waals surface area (Å²) in [6.45, 7) is 0.